The zero-order valence-electron chi connectivity index (χ0n) is 11.1. The molecule has 0 aliphatic heterocycles. The van der Waals surface area contributed by atoms with E-state index in [9.17, 15) is 4.79 Å². The zero-order valence-corrected chi connectivity index (χ0v) is 12.8. The fourth-order valence-corrected chi connectivity index (χ4v) is 3.41. The first kappa shape index (κ1) is 14.8. The summed E-state index contributed by atoms with van der Waals surface area (Å²) in [5, 5.41) is 12.2. The van der Waals surface area contributed by atoms with Gasteiger partial charge in [-0.15, -0.1) is 10.2 Å². The average molecular weight is 308 g/mol. The molecular formula is C13H16N4OS2. The second kappa shape index (κ2) is 7.25. The van der Waals surface area contributed by atoms with Crippen molar-refractivity contribution in [2.24, 2.45) is 5.73 Å². The average Bonchev–Trinajstić information content (AvgIpc) is 2.86. The summed E-state index contributed by atoms with van der Waals surface area (Å²) in [6.07, 6.45) is 1.31. The van der Waals surface area contributed by atoms with Crippen molar-refractivity contribution in [3.63, 3.8) is 0 Å². The van der Waals surface area contributed by atoms with Crippen molar-refractivity contribution in [2.75, 3.05) is 11.1 Å². The van der Waals surface area contributed by atoms with E-state index in [1.165, 1.54) is 28.7 Å². The van der Waals surface area contributed by atoms with Gasteiger partial charge in [0.05, 0.1) is 0 Å². The first-order valence-electron chi connectivity index (χ1n) is 6.28. The molecule has 3 N–H and O–H groups in total. The van der Waals surface area contributed by atoms with Gasteiger partial charge < -0.3 is 11.1 Å². The number of nitrogens with one attached hydrogen (secondary N) is 1. The van der Waals surface area contributed by atoms with E-state index in [2.05, 4.69) is 28.5 Å². The molecule has 5 nitrogen and oxygen atoms in total. The van der Waals surface area contributed by atoms with Crippen LogP contribution in [0.2, 0.25) is 0 Å². The third kappa shape index (κ3) is 4.21. The SMILES string of the molecule is CCc1ccccc1Nc1nnc(SCCC(N)=O)s1. The number of rotatable bonds is 7. The molecule has 0 fully saturated rings. The first-order valence-corrected chi connectivity index (χ1v) is 8.08. The Morgan fingerprint density at radius 2 is 2.20 bits per heavy atom. The van der Waals surface area contributed by atoms with Crippen molar-refractivity contribution >= 4 is 39.8 Å². The lowest BCUT2D eigenvalue weighted by Crippen LogP contribution is -2.10. The number of aromatic nitrogens is 2. The minimum absolute atomic E-state index is 0.294. The smallest absolute Gasteiger partial charge is 0.218 e. The largest absolute Gasteiger partial charge is 0.370 e. The number of thioether (sulfide) groups is 1. The summed E-state index contributed by atoms with van der Waals surface area (Å²) in [6.45, 7) is 2.12. The predicted molar refractivity (Wildman–Crippen MR) is 83.5 cm³/mol. The summed E-state index contributed by atoms with van der Waals surface area (Å²) in [7, 11) is 0. The number of nitrogens with two attached hydrogens (primary N) is 1. The lowest BCUT2D eigenvalue weighted by atomic mass is 10.1. The standard InChI is InChI=1S/C13H16N4OS2/c1-2-9-5-3-4-6-10(9)15-12-16-17-13(20-12)19-8-7-11(14)18/h3-6H,2,7-8H2,1H3,(H2,14,18)(H,15,16). The van der Waals surface area contributed by atoms with E-state index < -0.39 is 0 Å². The highest BCUT2D eigenvalue weighted by Crippen LogP contribution is 2.29. The zero-order chi connectivity index (χ0) is 14.4. The third-order valence-electron chi connectivity index (χ3n) is 2.62. The van der Waals surface area contributed by atoms with Crippen LogP contribution >= 0.6 is 23.1 Å². The fourth-order valence-electron chi connectivity index (χ4n) is 1.62. The second-order valence-corrected chi connectivity index (χ2v) is 6.39. The number of amides is 1. The Morgan fingerprint density at radius 3 is 2.95 bits per heavy atom. The minimum atomic E-state index is -0.294. The van der Waals surface area contributed by atoms with E-state index >= 15 is 0 Å². The van der Waals surface area contributed by atoms with Crippen LogP contribution in [0.5, 0.6) is 0 Å². The molecule has 0 radical (unpaired) electrons. The van der Waals surface area contributed by atoms with Crippen LogP contribution in [0.3, 0.4) is 0 Å². The third-order valence-corrected chi connectivity index (χ3v) is 4.59. The summed E-state index contributed by atoms with van der Waals surface area (Å²) in [6, 6.07) is 8.13. The number of aryl methyl sites for hydroxylation is 1. The van der Waals surface area contributed by atoms with Gasteiger partial charge in [-0.2, -0.15) is 0 Å². The van der Waals surface area contributed by atoms with E-state index in [-0.39, 0.29) is 5.91 Å². The Balaban J connectivity index is 1.97. The van der Waals surface area contributed by atoms with Crippen LogP contribution in [-0.2, 0) is 11.2 Å². The highest BCUT2D eigenvalue weighted by molar-refractivity contribution is 8.01. The van der Waals surface area contributed by atoms with Crippen molar-refractivity contribution in [2.45, 2.75) is 24.1 Å². The van der Waals surface area contributed by atoms with Gasteiger partial charge in [0.1, 0.15) is 0 Å². The summed E-state index contributed by atoms with van der Waals surface area (Å²) in [5.74, 6) is 0.340. The van der Waals surface area contributed by atoms with Gasteiger partial charge in [-0.25, -0.2) is 0 Å². The summed E-state index contributed by atoms with van der Waals surface area (Å²) in [4.78, 5) is 10.7. The molecule has 1 heterocycles. The van der Waals surface area contributed by atoms with Gasteiger partial charge in [-0.05, 0) is 18.1 Å². The van der Waals surface area contributed by atoms with Gasteiger partial charge in [-0.1, -0.05) is 48.2 Å². The number of carbonyl (C=O) groups is 1. The molecule has 0 bridgehead atoms. The van der Waals surface area contributed by atoms with E-state index in [0.29, 0.717) is 12.2 Å². The highest BCUT2D eigenvalue weighted by Gasteiger charge is 2.07. The number of primary amides is 1. The van der Waals surface area contributed by atoms with Gasteiger partial charge in [0, 0.05) is 17.9 Å². The molecule has 7 heteroatoms. The maximum absolute atomic E-state index is 10.7. The van der Waals surface area contributed by atoms with Crippen LogP contribution in [0, 0.1) is 0 Å². The maximum Gasteiger partial charge on any atom is 0.218 e. The number of hydrogen-bond acceptors (Lipinski definition) is 6. The van der Waals surface area contributed by atoms with Gasteiger partial charge in [-0.3, -0.25) is 4.79 Å². The Morgan fingerprint density at radius 1 is 1.40 bits per heavy atom. The Labute approximate surface area is 126 Å². The summed E-state index contributed by atoms with van der Waals surface area (Å²) >= 11 is 2.97. The molecule has 2 rings (SSSR count). The molecular weight excluding hydrogens is 292 g/mol. The monoisotopic (exact) mass is 308 g/mol. The Bertz CT molecular complexity index is 585. The van der Waals surface area contributed by atoms with Crippen molar-refractivity contribution in [3.8, 4) is 0 Å². The van der Waals surface area contributed by atoms with Crippen LogP contribution in [0.1, 0.15) is 18.9 Å². The number of hydrogen-bond donors (Lipinski definition) is 2. The van der Waals surface area contributed by atoms with Crippen molar-refractivity contribution in [1.82, 2.24) is 10.2 Å². The van der Waals surface area contributed by atoms with Crippen LogP contribution in [0.4, 0.5) is 10.8 Å². The fraction of sp³-hybridized carbons (Fsp3) is 0.308. The predicted octanol–water partition coefficient (Wildman–Crippen LogP) is 2.81. The number of benzene rings is 1. The lowest BCUT2D eigenvalue weighted by molar-refractivity contribution is -0.117. The first-order chi connectivity index (χ1) is 9.69. The van der Waals surface area contributed by atoms with Crippen molar-refractivity contribution < 1.29 is 4.79 Å². The molecule has 0 atom stereocenters. The molecule has 2 aromatic rings. The van der Waals surface area contributed by atoms with Crippen LogP contribution in [0.15, 0.2) is 28.6 Å². The molecule has 0 unspecified atom stereocenters. The summed E-state index contributed by atoms with van der Waals surface area (Å²) < 4.78 is 0.836. The minimum Gasteiger partial charge on any atom is -0.370 e. The molecule has 1 amide bonds. The van der Waals surface area contributed by atoms with Crippen molar-refractivity contribution in [3.05, 3.63) is 29.8 Å². The molecule has 1 aromatic heterocycles. The van der Waals surface area contributed by atoms with E-state index in [1.807, 2.05) is 18.2 Å². The molecule has 0 saturated carbocycles. The van der Waals surface area contributed by atoms with E-state index in [4.69, 9.17) is 5.73 Å². The lowest BCUT2D eigenvalue weighted by Gasteiger charge is -2.06. The van der Waals surface area contributed by atoms with Crippen LogP contribution < -0.4 is 11.1 Å². The normalized spacial score (nSPS) is 10.4. The highest BCUT2D eigenvalue weighted by atomic mass is 32.2. The van der Waals surface area contributed by atoms with Gasteiger partial charge >= 0.3 is 0 Å². The quantitative estimate of drug-likeness (QED) is 0.769. The molecule has 0 spiro atoms. The number of nitrogens with zero attached hydrogens (tertiary/aromatic N) is 2. The van der Waals surface area contributed by atoms with Crippen molar-refractivity contribution in [1.29, 1.82) is 0 Å². The van der Waals surface area contributed by atoms with Gasteiger partial charge in [0.15, 0.2) is 4.34 Å². The summed E-state index contributed by atoms with van der Waals surface area (Å²) in [5.41, 5.74) is 7.40. The van der Waals surface area contributed by atoms with Gasteiger partial charge in [0.25, 0.3) is 0 Å². The van der Waals surface area contributed by atoms with E-state index in [0.717, 1.165) is 21.6 Å². The topological polar surface area (TPSA) is 80.9 Å². The van der Waals surface area contributed by atoms with Gasteiger partial charge in [0.2, 0.25) is 11.0 Å². The Kier molecular flexibility index (Phi) is 5.37. The molecule has 106 valence electrons. The molecule has 0 saturated heterocycles. The Hall–Kier alpha value is -1.60. The maximum atomic E-state index is 10.7. The molecule has 0 aliphatic carbocycles. The van der Waals surface area contributed by atoms with E-state index in [1.54, 1.807) is 0 Å². The number of para-hydroxylation sites is 1. The molecule has 1 aromatic carbocycles. The second-order valence-electron chi connectivity index (χ2n) is 4.07. The molecule has 0 aliphatic rings. The number of carbonyl (C=O) groups excluding carboxylic acids is 1. The van der Waals surface area contributed by atoms with Crippen LogP contribution in [0.25, 0.3) is 0 Å². The molecule has 20 heavy (non-hydrogen) atoms. The number of anilines is 2. The van der Waals surface area contributed by atoms with Crippen LogP contribution in [-0.4, -0.2) is 21.9 Å².